The second kappa shape index (κ2) is 13.2. The van der Waals surface area contributed by atoms with Crippen LogP contribution in [0.25, 0.3) is 17.1 Å². The van der Waals surface area contributed by atoms with Crippen LogP contribution in [-0.2, 0) is 33.5 Å². The van der Waals surface area contributed by atoms with E-state index in [4.69, 9.17) is 10.5 Å². The summed E-state index contributed by atoms with van der Waals surface area (Å²) in [5.74, 6) is -2.79. The fourth-order valence-corrected chi connectivity index (χ4v) is 4.94. The Morgan fingerprint density at radius 2 is 1.75 bits per heavy atom. The summed E-state index contributed by atoms with van der Waals surface area (Å²) in [5.41, 5.74) is 6.34. The number of hydrogen-bond donors (Lipinski definition) is 2. The highest BCUT2D eigenvalue weighted by Gasteiger charge is 2.31. The Hall–Kier alpha value is -4.88. The lowest BCUT2D eigenvalue weighted by atomic mass is 10.0. The van der Waals surface area contributed by atoms with Gasteiger partial charge in [-0.2, -0.15) is 18.3 Å². The quantitative estimate of drug-likeness (QED) is 0.265. The van der Waals surface area contributed by atoms with E-state index in [1.807, 2.05) is 0 Å². The van der Waals surface area contributed by atoms with Gasteiger partial charge in [-0.25, -0.2) is 9.67 Å². The number of Topliss-reactive ketones (excluding diaryl/α,β-unsaturated/α-hetero) is 1. The van der Waals surface area contributed by atoms with E-state index < -0.39 is 35.4 Å². The van der Waals surface area contributed by atoms with Gasteiger partial charge < -0.3 is 15.8 Å². The molecule has 1 aliphatic heterocycles. The summed E-state index contributed by atoms with van der Waals surface area (Å²) in [6, 6.07) is 15.4. The van der Waals surface area contributed by atoms with E-state index in [1.54, 1.807) is 42.6 Å². The van der Waals surface area contributed by atoms with Gasteiger partial charge in [0.1, 0.15) is 6.04 Å². The van der Waals surface area contributed by atoms with E-state index >= 15 is 0 Å². The van der Waals surface area contributed by atoms with Crippen LogP contribution in [0.2, 0.25) is 0 Å². The van der Waals surface area contributed by atoms with Gasteiger partial charge in [-0.1, -0.05) is 42.5 Å². The first-order chi connectivity index (χ1) is 21.1. The first kappa shape index (κ1) is 30.6. The minimum Gasteiger partial charge on any atom is -0.379 e. The molecule has 10 nitrogen and oxygen atoms in total. The van der Waals surface area contributed by atoms with Crippen molar-refractivity contribution in [2.75, 3.05) is 26.3 Å². The van der Waals surface area contributed by atoms with Crippen LogP contribution in [0.15, 0.2) is 79.1 Å². The van der Waals surface area contributed by atoms with Crippen molar-refractivity contribution in [3.63, 3.8) is 0 Å². The lowest BCUT2D eigenvalue weighted by molar-refractivity contribution is -0.137. The van der Waals surface area contributed by atoms with Gasteiger partial charge in [0, 0.05) is 49.6 Å². The number of nitrogens with two attached hydrogens (primary N) is 1. The van der Waals surface area contributed by atoms with Crippen LogP contribution in [0.4, 0.5) is 13.2 Å². The topological polar surface area (TPSA) is 132 Å². The molecule has 0 radical (unpaired) electrons. The molecule has 1 atom stereocenters. The average Bonchev–Trinajstić information content (AvgIpc) is 3.44. The number of ether oxygens (including phenoxy) is 1. The van der Waals surface area contributed by atoms with Crippen LogP contribution in [0, 0.1) is 0 Å². The summed E-state index contributed by atoms with van der Waals surface area (Å²) >= 11 is 0. The number of nitrogens with one attached hydrogen (secondary N) is 1. The third kappa shape index (κ3) is 7.18. The molecule has 0 spiro atoms. The summed E-state index contributed by atoms with van der Waals surface area (Å²) in [6.45, 7) is 2.66. The van der Waals surface area contributed by atoms with Gasteiger partial charge in [0.15, 0.2) is 5.82 Å². The number of halogens is 3. The second-order valence-electron chi connectivity index (χ2n) is 10.2. The van der Waals surface area contributed by atoms with Crippen LogP contribution in [-0.4, -0.2) is 69.6 Å². The first-order valence-corrected chi connectivity index (χ1v) is 13.8. The molecule has 1 saturated heterocycles. The molecule has 3 heterocycles. The van der Waals surface area contributed by atoms with Gasteiger partial charge in [0.2, 0.25) is 5.78 Å². The standard InChI is InChI=1S/C31H29F3N6O4/c32-31(33,34)23-9-4-8-21(17-23)26-22(18-39-12-14-44-15-13-39)19-40(38-26)29-24(10-5-11-36-29)30(43)37-25(27(41)28(35)42)16-20-6-2-1-3-7-20/h1-11,17,19,25H,12-16,18H2,(H2,35,42)(H,37,43). The monoisotopic (exact) mass is 606 g/mol. The Morgan fingerprint density at radius 3 is 2.45 bits per heavy atom. The van der Waals surface area contributed by atoms with Crippen LogP contribution < -0.4 is 11.1 Å². The molecular weight excluding hydrogens is 577 g/mol. The van der Waals surface area contributed by atoms with Crippen molar-refractivity contribution in [2.45, 2.75) is 25.2 Å². The number of benzene rings is 2. The van der Waals surface area contributed by atoms with E-state index in [0.717, 1.165) is 12.1 Å². The van der Waals surface area contributed by atoms with E-state index in [9.17, 15) is 27.6 Å². The molecule has 44 heavy (non-hydrogen) atoms. The van der Waals surface area contributed by atoms with Crippen LogP contribution in [0.1, 0.15) is 27.0 Å². The highest BCUT2D eigenvalue weighted by atomic mass is 19.4. The molecule has 1 unspecified atom stereocenters. The second-order valence-corrected chi connectivity index (χ2v) is 10.2. The van der Waals surface area contributed by atoms with E-state index in [-0.39, 0.29) is 23.4 Å². The van der Waals surface area contributed by atoms with Crippen molar-refractivity contribution in [3.05, 3.63) is 101 Å². The smallest absolute Gasteiger partial charge is 0.379 e. The minimum atomic E-state index is -4.55. The highest BCUT2D eigenvalue weighted by molar-refractivity contribution is 6.38. The van der Waals surface area contributed by atoms with Gasteiger partial charge in [-0.3, -0.25) is 19.3 Å². The lowest BCUT2D eigenvalue weighted by Crippen LogP contribution is -2.47. The third-order valence-electron chi connectivity index (χ3n) is 7.15. The maximum Gasteiger partial charge on any atom is 0.416 e. The number of nitrogens with zero attached hydrogens (tertiary/aromatic N) is 4. The number of carbonyl (C=O) groups excluding carboxylic acids is 3. The number of primary amides is 1. The van der Waals surface area contributed by atoms with Crippen molar-refractivity contribution < 1.29 is 32.3 Å². The molecule has 5 rings (SSSR count). The van der Waals surface area contributed by atoms with Gasteiger partial charge in [0.05, 0.1) is 30.0 Å². The zero-order valence-electron chi connectivity index (χ0n) is 23.5. The Kier molecular flexibility index (Phi) is 9.16. The van der Waals surface area contributed by atoms with Crippen molar-refractivity contribution in [2.24, 2.45) is 5.73 Å². The van der Waals surface area contributed by atoms with Crippen LogP contribution in [0.5, 0.6) is 0 Å². The molecule has 4 aromatic rings. The SMILES string of the molecule is NC(=O)C(=O)C(Cc1ccccc1)NC(=O)c1cccnc1-n1cc(CN2CCOCC2)c(-c2cccc(C(F)(F)F)c2)n1. The van der Waals surface area contributed by atoms with E-state index in [1.165, 1.54) is 29.1 Å². The number of ketones is 1. The van der Waals surface area contributed by atoms with Crippen molar-refractivity contribution >= 4 is 17.6 Å². The van der Waals surface area contributed by atoms with Gasteiger partial charge >= 0.3 is 6.18 Å². The number of pyridine rings is 1. The number of morpholine rings is 1. The Balaban J connectivity index is 1.51. The number of amides is 2. The molecule has 2 aromatic heterocycles. The van der Waals surface area contributed by atoms with Gasteiger partial charge in [0.25, 0.3) is 11.8 Å². The molecule has 0 bridgehead atoms. The molecule has 13 heteroatoms. The van der Waals surface area contributed by atoms with Crippen LogP contribution in [0.3, 0.4) is 0 Å². The van der Waals surface area contributed by atoms with E-state index in [0.29, 0.717) is 49.7 Å². The average molecular weight is 607 g/mol. The normalized spacial score (nSPS) is 14.6. The molecule has 2 aromatic carbocycles. The predicted molar refractivity (Wildman–Crippen MR) is 153 cm³/mol. The molecule has 1 fully saturated rings. The van der Waals surface area contributed by atoms with Crippen molar-refractivity contribution in [3.8, 4) is 17.1 Å². The lowest BCUT2D eigenvalue weighted by Gasteiger charge is -2.26. The summed E-state index contributed by atoms with van der Waals surface area (Å²) in [4.78, 5) is 44.4. The first-order valence-electron chi connectivity index (χ1n) is 13.8. The van der Waals surface area contributed by atoms with Gasteiger partial charge in [-0.15, -0.1) is 0 Å². The fourth-order valence-electron chi connectivity index (χ4n) is 4.94. The summed E-state index contributed by atoms with van der Waals surface area (Å²) in [5, 5.41) is 7.20. The molecule has 2 amide bonds. The van der Waals surface area contributed by atoms with Gasteiger partial charge in [-0.05, 0) is 29.8 Å². The summed E-state index contributed by atoms with van der Waals surface area (Å²) < 4.78 is 47.5. The summed E-state index contributed by atoms with van der Waals surface area (Å²) in [6.07, 6.45) is -1.46. The Bertz CT molecular complexity index is 1650. The number of hydrogen-bond acceptors (Lipinski definition) is 7. The largest absolute Gasteiger partial charge is 0.416 e. The zero-order chi connectivity index (χ0) is 31.3. The Labute approximate surface area is 250 Å². The predicted octanol–water partition coefficient (Wildman–Crippen LogP) is 3.18. The molecule has 3 N–H and O–H groups in total. The van der Waals surface area contributed by atoms with Crippen molar-refractivity contribution in [1.82, 2.24) is 25.0 Å². The maximum absolute atomic E-state index is 13.6. The third-order valence-corrected chi connectivity index (χ3v) is 7.15. The Morgan fingerprint density at radius 1 is 1.00 bits per heavy atom. The van der Waals surface area contributed by atoms with E-state index in [2.05, 4.69) is 20.3 Å². The molecule has 0 saturated carbocycles. The summed E-state index contributed by atoms with van der Waals surface area (Å²) in [7, 11) is 0. The number of alkyl halides is 3. The number of carbonyl (C=O) groups is 3. The minimum absolute atomic E-state index is 0.0229. The van der Waals surface area contributed by atoms with Crippen molar-refractivity contribution in [1.29, 1.82) is 0 Å². The molecule has 228 valence electrons. The molecular formula is C31H29F3N6O4. The fraction of sp³-hybridized carbons (Fsp3) is 0.258. The number of aromatic nitrogens is 3. The maximum atomic E-state index is 13.6. The number of rotatable bonds is 10. The molecule has 1 aliphatic rings. The molecule has 0 aliphatic carbocycles. The highest BCUT2D eigenvalue weighted by Crippen LogP contribution is 2.33. The zero-order valence-corrected chi connectivity index (χ0v) is 23.5. The van der Waals surface area contributed by atoms with Crippen LogP contribution >= 0.6 is 0 Å².